The Balaban J connectivity index is 1.39. The number of pyridine rings is 1. The average molecular weight is 492 g/mol. The quantitative estimate of drug-likeness (QED) is 0.465. The first-order valence-corrected chi connectivity index (χ1v) is 12.3. The topological polar surface area (TPSA) is 52.8 Å². The van der Waals surface area contributed by atoms with E-state index in [4.69, 9.17) is 28.1 Å². The minimum Gasteiger partial charge on any atom is -0.353 e. The summed E-state index contributed by atoms with van der Waals surface area (Å²) >= 11 is 6.49. The van der Waals surface area contributed by atoms with Crippen molar-refractivity contribution in [2.75, 3.05) is 47.4 Å². The Morgan fingerprint density at radius 3 is 2.46 bits per heavy atom. The highest BCUT2D eigenvalue weighted by atomic mass is 35.5. The largest absolute Gasteiger partial charge is 0.353 e. The van der Waals surface area contributed by atoms with Crippen LogP contribution in [0.2, 0.25) is 5.02 Å². The normalized spacial score (nSPS) is 18.1. The molecule has 7 nitrogen and oxygen atoms in total. The van der Waals surface area contributed by atoms with Crippen LogP contribution in [0.4, 0.5) is 22.0 Å². The molecule has 0 N–H and O–H groups in total. The van der Waals surface area contributed by atoms with E-state index in [1.807, 2.05) is 12.1 Å². The van der Waals surface area contributed by atoms with Gasteiger partial charge in [-0.3, -0.25) is 0 Å². The molecular weight excluding hydrogens is 465 g/mol. The van der Waals surface area contributed by atoms with E-state index in [0.29, 0.717) is 11.1 Å². The van der Waals surface area contributed by atoms with Crippen LogP contribution in [0.3, 0.4) is 0 Å². The number of nitrogens with zero attached hydrogens (tertiary/aromatic N) is 7. The number of piperazine rings is 1. The lowest BCUT2D eigenvalue weighted by Crippen LogP contribution is -2.47. The molecule has 35 heavy (non-hydrogen) atoms. The fourth-order valence-electron chi connectivity index (χ4n) is 4.74. The van der Waals surface area contributed by atoms with Crippen molar-refractivity contribution in [2.45, 2.75) is 32.4 Å². The van der Waals surface area contributed by atoms with Crippen LogP contribution >= 0.6 is 11.6 Å². The van der Waals surface area contributed by atoms with E-state index >= 15 is 0 Å². The lowest BCUT2D eigenvalue weighted by atomic mass is 10.1. The summed E-state index contributed by atoms with van der Waals surface area (Å²) in [7, 11) is 0. The molecule has 2 aliphatic heterocycles. The maximum atomic E-state index is 13.5. The van der Waals surface area contributed by atoms with Crippen LogP contribution < -0.4 is 14.7 Å². The van der Waals surface area contributed by atoms with E-state index < -0.39 is 0 Å². The Kier molecular flexibility index (Phi) is 6.69. The van der Waals surface area contributed by atoms with Crippen molar-refractivity contribution in [3.05, 3.63) is 70.4 Å². The van der Waals surface area contributed by atoms with Gasteiger partial charge in [0.05, 0.1) is 16.3 Å². The van der Waals surface area contributed by atoms with Gasteiger partial charge in [0.15, 0.2) is 0 Å². The maximum Gasteiger partial charge on any atom is 0.241 e. The van der Waals surface area contributed by atoms with Gasteiger partial charge in [0.2, 0.25) is 12.5 Å². The Morgan fingerprint density at radius 2 is 1.80 bits per heavy atom. The molecule has 0 bridgehead atoms. The van der Waals surface area contributed by atoms with Gasteiger partial charge in [0.1, 0.15) is 17.5 Å². The summed E-state index contributed by atoms with van der Waals surface area (Å²) in [5, 5.41) is 0.575. The predicted octanol–water partition coefficient (Wildman–Crippen LogP) is 5.07. The molecule has 4 heterocycles. The minimum atomic E-state index is -0.262. The van der Waals surface area contributed by atoms with Gasteiger partial charge >= 0.3 is 0 Å². The second-order valence-corrected chi connectivity index (χ2v) is 9.45. The number of hydrogen-bond acceptors (Lipinski definition) is 6. The lowest BCUT2D eigenvalue weighted by Gasteiger charge is -2.36. The SMILES string of the molecule is [C-]#[N+]Cc1cnc(N2CCN(c3cc(-c4ccc(F)cc4)nc(N4CCCC4C)n3)CC2)c(Cl)c1. The van der Waals surface area contributed by atoms with E-state index in [0.717, 1.165) is 80.0 Å². The number of aromatic nitrogens is 3. The highest BCUT2D eigenvalue weighted by Gasteiger charge is 2.26. The molecule has 0 saturated carbocycles. The van der Waals surface area contributed by atoms with Gasteiger partial charge in [0.25, 0.3) is 0 Å². The molecule has 2 aromatic heterocycles. The van der Waals surface area contributed by atoms with Gasteiger partial charge in [-0.25, -0.2) is 20.9 Å². The predicted molar refractivity (Wildman–Crippen MR) is 137 cm³/mol. The standard InChI is InChI=1S/C26H27ClFN7/c1-18-4-3-9-35(18)26-31-23(20-5-7-21(28)8-6-20)15-24(32-26)33-10-12-34(13-11-33)25-22(27)14-19(16-29-2)17-30-25/h5-8,14-15,17-18H,3-4,9-13,16H2,1H3. The first kappa shape index (κ1) is 23.3. The van der Waals surface area contributed by atoms with Crippen molar-refractivity contribution >= 4 is 29.2 Å². The third kappa shape index (κ3) is 5.01. The third-order valence-corrected chi connectivity index (χ3v) is 6.97. The number of benzene rings is 1. The first-order chi connectivity index (χ1) is 17.0. The van der Waals surface area contributed by atoms with Crippen LogP contribution in [-0.2, 0) is 6.54 Å². The molecule has 0 spiro atoms. The molecule has 3 aromatic rings. The van der Waals surface area contributed by atoms with Crippen molar-refractivity contribution in [1.29, 1.82) is 0 Å². The molecule has 2 aliphatic rings. The van der Waals surface area contributed by atoms with Crippen molar-refractivity contribution in [3.63, 3.8) is 0 Å². The van der Waals surface area contributed by atoms with Crippen molar-refractivity contribution in [2.24, 2.45) is 0 Å². The Bertz CT molecular complexity index is 1240. The zero-order valence-corrected chi connectivity index (χ0v) is 20.4. The number of halogens is 2. The van der Waals surface area contributed by atoms with Crippen molar-refractivity contribution < 1.29 is 4.39 Å². The summed E-state index contributed by atoms with van der Waals surface area (Å²) in [5.41, 5.74) is 2.49. The Labute approximate surface area is 210 Å². The van der Waals surface area contributed by atoms with Gasteiger partial charge in [-0.05, 0) is 50.1 Å². The molecule has 180 valence electrons. The summed E-state index contributed by atoms with van der Waals surface area (Å²) in [6, 6.07) is 10.7. The van der Waals surface area contributed by atoms with E-state index in [1.165, 1.54) is 12.1 Å². The molecule has 0 amide bonds. The fourth-order valence-corrected chi connectivity index (χ4v) is 5.05. The van der Waals surface area contributed by atoms with Crippen LogP contribution in [0.5, 0.6) is 0 Å². The van der Waals surface area contributed by atoms with E-state index in [1.54, 1.807) is 18.3 Å². The molecule has 9 heteroatoms. The van der Waals surface area contributed by atoms with Crippen LogP contribution in [0, 0.1) is 12.4 Å². The lowest BCUT2D eigenvalue weighted by molar-refractivity contribution is 0.628. The van der Waals surface area contributed by atoms with Crippen LogP contribution in [0.15, 0.2) is 42.6 Å². The van der Waals surface area contributed by atoms with Crippen LogP contribution in [0.25, 0.3) is 16.1 Å². The van der Waals surface area contributed by atoms with E-state index in [9.17, 15) is 4.39 Å². The smallest absolute Gasteiger partial charge is 0.241 e. The third-order valence-electron chi connectivity index (χ3n) is 6.69. The highest BCUT2D eigenvalue weighted by Crippen LogP contribution is 2.31. The number of anilines is 3. The summed E-state index contributed by atoms with van der Waals surface area (Å²) in [5.74, 6) is 2.09. The van der Waals surface area contributed by atoms with Crippen LogP contribution in [-0.4, -0.2) is 53.7 Å². The second-order valence-electron chi connectivity index (χ2n) is 9.04. The first-order valence-electron chi connectivity index (χ1n) is 11.9. The Hall–Kier alpha value is -3.44. The average Bonchev–Trinajstić information content (AvgIpc) is 3.30. The van der Waals surface area contributed by atoms with Gasteiger partial charge in [-0.1, -0.05) is 11.6 Å². The molecule has 0 aliphatic carbocycles. The molecule has 2 fully saturated rings. The van der Waals surface area contributed by atoms with Crippen molar-refractivity contribution in [3.8, 4) is 11.3 Å². The second kappa shape index (κ2) is 10.0. The zero-order chi connectivity index (χ0) is 24.4. The monoisotopic (exact) mass is 491 g/mol. The molecular formula is C26H27ClFN7. The summed E-state index contributed by atoms with van der Waals surface area (Å²) < 4.78 is 13.5. The molecule has 5 rings (SSSR count). The molecule has 0 radical (unpaired) electrons. The number of hydrogen-bond donors (Lipinski definition) is 0. The van der Waals surface area contributed by atoms with Gasteiger partial charge in [-0.2, -0.15) is 4.98 Å². The molecule has 1 aromatic carbocycles. The zero-order valence-electron chi connectivity index (χ0n) is 19.7. The van der Waals surface area contributed by atoms with Gasteiger partial charge in [-0.15, -0.1) is 0 Å². The van der Waals surface area contributed by atoms with E-state index in [2.05, 4.69) is 31.5 Å². The van der Waals surface area contributed by atoms with Crippen molar-refractivity contribution in [1.82, 2.24) is 15.0 Å². The highest BCUT2D eigenvalue weighted by molar-refractivity contribution is 6.33. The van der Waals surface area contributed by atoms with Gasteiger partial charge in [0, 0.05) is 56.6 Å². The maximum absolute atomic E-state index is 13.5. The summed E-state index contributed by atoms with van der Waals surface area (Å²) in [6.07, 6.45) is 3.98. The molecule has 1 unspecified atom stereocenters. The minimum absolute atomic E-state index is 0.262. The Morgan fingerprint density at radius 1 is 1.06 bits per heavy atom. The summed E-state index contributed by atoms with van der Waals surface area (Å²) in [6.45, 7) is 13.5. The van der Waals surface area contributed by atoms with E-state index in [-0.39, 0.29) is 12.4 Å². The fraction of sp³-hybridized carbons (Fsp3) is 0.385. The van der Waals surface area contributed by atoms with Crippen LogP contribution in [0.1, 0.15) is 25.3 Å². The molecule has 1 atom stereocenters. The molecule has 2 saturated heterocycles. The number of rotatable bonds is 5. The summed E-state index contributed by atoms with van der Waals surface area (Å²) in [4.78, 5) is 24.4. The van der Waals surface area contributed by atoms with Gasteiger partial charge < -0.3 is 19.5 Å².